The highest BCUT2D eigenvalue weighted by molar-refractivity contribution is 9.10. The third-order valence-corrected chi connectivity index (χ3v) is 9.40. The Hall–Kier alpha value is -3.81. The van der Waals surface area contributed by atoms with Crippen LogP contribution in [0.3, 0.4) is 0 Å². The van der Waals surface area contributed by atoms with Crippen molar-refractivity contribution in [1.29, 1.82) is 0 Å². The molecule has 3 aliphatic rings. The number of halogens is 1. The summed E-state index contributed by atoms with van der Waals surface area (Å²) < 4.78 is 0.847. The Labute approximate surface area is 231 Å². The summed E-state index contributed by atoms with van der Waals surface area (Å²) in [6, 6.07) is 24.8. The minimum Gasteiger partial charge on any atom is -0.352 e. The highest BCUT2D eigenvalue weighted by Crippen LogP contribution is 2.58. The molecule has 1 amide bonds. The third-order valence-electron chi connectivity index (χ3n) is 7.99. The van der Waals surface area contributed by atoms with Gasteiger partial charge in [-0.2, -0.15) is 0 Å². The van der Waals surface area contributed by atoms with Crippen LogP contribution in [0.2, 0.25) is 0 Å². The number of thiophene rings is 1. The summed E-state index contributed by atoms with van der Waals surface area (Å²) in [5.74, 6) is -1.59. The quantitative estimate of drug-likeness (QED) is 0.285. The Morgan fingerprint density at radius 2 is 1.66 bits per heavy atom. The van der Waals surface area contributed by atoms with E-state index in [1.165, 1.54) is 11.3 Å². The highest BCUT2D eigenvalue weighted by atomic mass is 79.9. The topological polar surface area (TPSA) is 66.5 Å². The van der Waals surface area contributed by atoms with E-state index in [-0.39, 0.29) is 17.5 Å². The van der Waals surface area contributed by atoms with Crippen molar-refractivity contribution in [3.8, 4) is 0 Å². The fourth-order valence-corrected chi connectivity index (χ4v) is 7.44. The minimum atomic E-state index is -1.29. The van der Waals surface area contributed by atoms with E-state index in [9.17, 15) is 14.4 Å². The Balaban J connectivity index is 1.54. The number of hydrogen-bond acceptors (Lipinski definition) is 5. The van der Waals surface area contributed by atoms with Gasteiger partial charge in [0.05, 0.1) is 16.8 Å². The van der Waals surface area contributed by atoms with Crippen molar-refractivity contribution in [2.75, 3.05) is 10.2 Å². The molecule has 1 aromatic heterocycles. The number of nitrogens with zero attached hydrogens (tertiary/aromatic N) is 1. The Kier molecular flexibility index (Phi) is 5.29. The second-order valence-electron chi connectivity index (χ2n) is 9.77. The van der Waals surface area contributed by atoms with E-state index >= 15 is 0 Å². The van der Waals surface area contributed by atoms with Gasteiger partial charge in [-0.05, 0) is 46.8 Å². The molecule has 186 valence electrons. The molecule has 0 unspecified atom stereocenters. The number of amides is 1. The SMILES string of the molecule is O=C(c1cccs1)[C@@H]1[C@H](C(=O)c2ccc(Br)cc2)[C@]2(C(=O)Nc3ccccc32)[C@@H]2C=Cc3ccccc3N12. The average molecular weight is 581 g/mol. The van der Waals surface area contributed by atoms with Crippen molar-refractivity contribution in [3.63, 3.8) is 0 Å². The van der Waals surface area contributed by atoms with Crippen LogP contribution in [0.1, 0.15) is 31.2 Å². The van der Waals surface area contributed by atoms with Gasteiger partial charge in [0.25, 0.3) is 0 Å². The van der Waals surface area contributed by atoms with Crippen molar-refractivity contribution in [3.05, 3.63) is 122 Å². The van der Waals surface area contributed by atoms with Gasteiger partial charge in [-0.3, -0.25) is 14.4 Å². The molecule has 0 radical (unpaired) electrons. The number of para-hydroxylation sites is 2. The van der Waals surface area contributed by atoms with Crippen LogP contribution in [0.4, 0.5) is 11.4 Å². The lowest BCUT2D eigenvalue weighted by Crippen LogP contribution is -2.51. The van der Waals surface area contributed by atoms with Gasteiger partial charge < -0.3 is 10.2 Å². The highest BCUT2D eigenvalue weighted by Gasteiger charge is 2.70. The van der Waals surface area contributed by atoms with E-state index in [2.05, 4.69) is 21.2 Å². The minimum absolute atomic E-state index is 0.153. The summed E-state index contributed by atoms with van der Waals surface area (Å²) in [7, 11) is 0. The van der Waals surface area contributed by atoms with Gasteiger partial charge >= 0.3 is 0 Å². The van der Waals surface area contributed by atoms with Gasteiger partial charge in [-0.15, -0.1) is 11.3 Å². The summed E-state index contributed by atoms with van der Waals surface area (Å²) in [6.07, 6.45) is 4.00. The van der Waals surface area contributed by atoms with Crippen molar-refractivity contribution >= 4 is 62.2 Å². The largest absolute Gasteiger partial charge is 0.352 e. The molecule has 1 N–H and O–H groups in total. The number of fused-ring (bicyclic) bond motifs is 6. The molecule has 5 nitrogen and oxygen atoms in total. The van der Waals surface area contributed by atoms with Crippen LogP contribution in [0, 0.1) is 5.92 Å². The molecular formula is C31H21BrN2O3S. The monoisotopic (exact) mass is 580 g/mol. The average Bonchev–Trinajstić information content (AvgIpc) is 3.65. The maximum atomic E-state index is 14.6. The fourth-order valence-electron chi connectivity index (χ4n) is 6.48. The Morgan fingerprint density at radius 3 is 2.45 bits per heavy atom. The molecule has 4 aromatic rings. The first-order valence-corrected chi connectivity index (χ1v) is 14.0. The van der Waals surface area contributed by atoms with Crippen LogP contribution in [0.25, 0.3) is 6.08 Å². The summed E-state index contributed by atoms with van der Waals surface area (Å²) in [5, 5.41) is 4.92. The number of Topliss-reactive ketones (excluding diaryl/α,β-unsaturated/α-hetero) is 2. The van der Waals surface area contributed by atoms with E-state index < -0.39 is 23.4 Å². The molecular weight excluding hydrogens is 560 g/mol. The maximum Gasteiger partial charge on any atom is 0.238 e. The second kappa shape index (κ2) is 8.61. The number of ketones is 2. The molecule has 1 fully saturated rings. The standard InChI is InChI=1S/C31H21BrN2O3S/c32-20-14-11-19(12-15-20)28(35)26-27(29(36)24-10-5-17-38-24)34-23-9-4-1-6-18(23)13-16-25(34)31(26)21-7-2-3-8-22(21)33-30(31)37/h1-17,25-27H,(H,33,37)/t25-,26+,27-,31+/m0/s1. The Bertz CT molecular complexity index is 1650. The molecule has 4 atom stereocenters. The van der Waals surface area contributed by atoms with E-state index in [0.29, 0.717) is 16.1 Å². The van der Waals surface area contributed by atoms with Gasteiger partial charge in [-0.25, -0.2) is 0 Å². The van der Waals surface area contributed by atoms with E-state index in [4.69, 9.17) is 0 Å². The van der Waals surface area contributed by atoms with Crippen LogP contribution in [-0.2, 0) is 10.2 Å². The summed E-state index contributed by atoms with van der Waals surface area (Å²) in [5.41, 5.74) is 2.41. The summed E-state index contributed by atoms with van der Waals surface area (Å²) >= 11 is 4.81. The van der Waals surface area contributed by atoms with Crippen molar-refractivity contribution in [2.24, 2.45) is 5.92 Å². The molecule has 0 aliphatic carbocycles. The molecule has 3 aliphatic heterocycles. The zero-order valence-electron chi connectivity index (χ0n) is 20.0. The zero-order valence-corrected chi connectivity index (χ0v) is 22.4. The van der Waals surface area contributed by atoms with Crippen molar-refractivity contribution < 1.29 is 14.4 Å². The Morgan fingerprint density at radius 1 is 0.895 bits per heavy atom. The first-order chi connectivity index (χ1) is 18.5. The third kappa shape index (κ3) is 3.12. The molecule has 7 heteroatoms. The molecule has 0 saturated carbocycles. The molecule has 38 heavy (non-hydrogen) atoms. The second-order valence-corrected chi connectivity index (χ2v) is 11.6. The molecule has 3 aromatic carbocycles. The smallest absolute Gasteiger partial charge is 0.238 e. The molecule has 7 rings (SSSR count). The van der Waals surface area contributed by atoms with Crippen molar-refractivity contribution in [1.82, 2.24) is 0 Å². The predicted molar refractivity (Wildman–Crippen MR) is 153 cm³/mol. The summed E-state index contributed by atoms with van der Waals surface area (Å²) in [4.78, 5) is 45.8. The zero-order chi connectivity index (χ0) is 26.0. The van der Waals surface area contributed by atoms with Gasteiger partial charge in [0.1, 0.15) is 11.5 Å². The van der Waals surface area contributed by atoms with Crippen molar-refractivity contribution in [2.45, 2.75) is 17.5 Å². The lowest BCUT2D eigenvalue weighted by Gasteiger charge is -2.37. The number of rotatable bonds is 4. The molecule has 1 saturated heterocycles. The molecule has 4 heterocycles. The van der Waals surface area contributed by atoms with Gasteiger partial charge in [0.15, 0.2) is 11.6 Å². The van der Waals surface area contributed by atoms with Gasteiger partial charge in [-0.1, -0.05) is 82.7 Å². The first-order valence-electron chi connectivity index (χ1n) is 12.4. The lowest BCUT2D eigenvalue weighted by atomic mass is 9.64. The predicted octanol–water partition coefficient (Wildman–Crippen LogP) is 6.37. The van der Waals surface area contributed by atoms with Crippen LogP contribution < -0.4 is 10.2 Å². The summed E-state index contributed by atoms with van der Waals surface area (Å²) in [6.45, 7) is 0. The molecule has 1 spiro atoms. The molecule has 0 bridgehead atoms. The number of anilines is 2. The van der Waals surface area contributed by atoms with Gasteiger partial charge in [0, 0.05) is 21.4 Å². The van der Waals surface area contributed by atoms with Gasteiger partial charge in [0.2, 0.25) is 5.91 Å². The van der Waals surface area contributed by atoms with Crippen LogP contribution in [0.15, 0.2) is 101 Å². The maximum absolute atomic E-state index is 14.6. The van der Waals surface area contributed by atoms with E-state index in [1.54, 1.807) is 18.2 Å². The fraction of sp³-hybridized carbons (Fsp3) is 0.129. The van der Waals surface area contributed by atoms with Crippen LogP contribution in [-0.4, -0.2) is 29.6 Å². The number of nitrogens with one attached hydrogen (secondary N) is 1. The van der Waals surface area contributed by atoms with Crippen LogP contribution in [0.5, 0.6) is 0 Å². The lowest BCUT2D eigenvalue weighted by molar-refractivity contribution is -0.121. The number of hydrogen-bond donors (Lipinski definition) is 1. The normalized spacial score (nSPS) is 24.6. The first kappa shape index (κ1) is 23.3. The van der Waals surface area contributed by atoms with E-state index in [0.717, 1.165) is 21.3 Å². The van der Waals surface area contributed by atoms with Crippen LogP contribution >= 0.6 is 27.3 Å². The number of benzene rings is 3. The van der Waals surface area contributed by atoms with E-state index in [1.807, 2.05) is 89.2 Å². The number of carbonyl (C=O) groups excluding carboxylic acids is 3. The number of carbonyl (C=O) groups is 3.